The molecule has 0 aliphatic carbocycles. The summed E-state index contributed by atoms with van der Waals surface area (Å²) in [5.74, 6) is -6.33. The van der Waals surface area contributed by atoms with Gasteiger partial charge in [-0.15, -0.1) is 0 Å². The maximum absolute atomic E-state index is 14.7. The number of hydrogen-bond acceptors (Lipinski definition) is 10. The molecule has 8 aliphatic heterocycles. The normalized spacial score (nSPS) is 42.8. The van der Waals surface area contributed by atoms with Crippen molar-refractivity contribution in [3.63, 3.8) is 0 Å². The molecular weight excluding hydrogens is 716 g/mol. The van der Waals surface area contributed by atoms with Crippen LogP contribution in [0.15, 0.2) is 22.7 Å². The van der Waals surface area contributed by atoms with Crippen LogP contribution in [0.5, 0.6) is 0 Å². The van der Waals surface area contributed by atoms with Crippen LogP contribution >= 0.6 is 0 Å². The van der Waals surface area contributed by atoms with Crippen LogP contribution in [0.3, 0.4) is 0 Å². The van der Waals surface area contributed by atoms with Gasteiger partial charge in [0, 0.05) is 43.3 Å². The zero-order chi connectivity index (χ0) is 38.7. The second-order valence-electron chi connectivity index (χ2n) is 16.5. The maximum atomic E-state index is 14.7. The third-order valence-corrected chi connectivity index (χ3v) is 12.7. The molecule has 6 saturated heterocycles. The van der Waals surface area contributed by atoms with E-state index in [9.17, 15) is 26.3 Å². The first-order valence-electron chi connectivity index (χ1n) is 19.0. The predicted molar refractivity (Wildman–Crippen MR) is 176 cm³/mol. The van der Waals surface area contributed by atoms with Crippen LogP contribution in [0.25, 0.3) is 0 Å². The standard InChI is InChI=1S/C37H55F6NO9/c1-9-20(2)27-13-15-34(7)49-32-35(27,53-52-34)23(5)25(29(47-32)36(38,39)40)18-44(8)16-17-45-19-26-22(4)11-10-21(3)24-12-14-33(6)48-31(28(24)50-51-33)46-30(26)37(41,42)43/h20-24,27-28,31-32H,9-19H2,1-8H3/b30-26-/t20-,21-,22+,23+,24?,27?,28+,31-,32-,33+,34+,35+/m1/s1. The summed E-state index contributed by atoms with van der Waals surface area (Å²) in [6, 6.07) is 0. The molecule has 0 radical (unpaired) electrons. The number of allylic oxidation sites excluding steroid dienone is 2. The lowest BCUT2D eigenvalue weighted by Gasteiger charge is -2.54. The Kier molecular flexibility index (Phi) is 11.6. The van der Waals surface area contributed by atoms with Gasteiger partial charge in [-0.05, 0) is 75.8 Å². The second-order valence-corrected chi connectivity index (χ2v) is 16.5. The smallest absolute Gasteiger partial charge is 0.449 e. The van der Waals surface area contributed by atoms with Gasteiger partial charge in [0.2, 0.25) is 35.7 Å². The molecule has 0 aromatic heterocycles. The van der Waals surface area contributed by atoms with Crippen molar-refractivity contribution in [1.82, 2.24) is 4.90 Å². The minimum Gasteiger partial charge on any atom is -0.457 e. The highest BCUT2D eigenvalue weighted by molar-refractivity contribution is 5.27. The third-order valence-electron chi connectivity index (χ3n) is 12.7. The first-order valence-corrected chi connectivity index (χ1v) is 19.0. The van der Waals surface area contributed by atoms with Crippen LogP contribution in [0, 0.1) is 35.5 Å². The van der Waals surface area contributed by atoms with Gasteiger partial charge in [0.1, 0.15) is 0 Å². The van der Waals surface area contributed by atoms with Gasteiger partial charge >= 0.3 is 12.4 Å². The van der Waals surface area contributed by atoms with Gasteiger partial charge in [0.05, 0.1) is 13.2 Å². The van der Waals surface area contributed by atoms with Crippen molar-refractivity contribution in [2.24, 2.45) is 35.5 Å². The number of likely N-dealkylation sites (N-methyl/N-ethyl adjacent to an activating group) is 1. The monoisotopic (exact) mass is 771 g/mol. The molecule has 8 rings (SSSR count). The Bertz CT molecular complexity index is 1390. The van der Waals surface area contributed by atoms with Crippen LogP contribution < -0.4 is 0 Å². The number of halogens is 6. The molecule has 0 amide bonds. The van der Waals surface area contributed by atoms with E-state index in [-0.39, 0.29) is 54.5 Å². The molecule has 2 unspecified atom stereocenters. The zero-order valence-electron chi connectivity index (χ0n) is 31.9. The van der Waals surface area contributed by atoms with E-state index < -0.39 is 78.2 Å². The van der Waals surface area contributed by atoms with Crippen LogP contribution in [-0.4, -0.2) is 86.5 Å². The highest BCUT2D eigenvalue weighted by atomic mass is 19.4. The van der Waals surface area contributed by atoms with Crippen molar-refractivity contribution < 1.29 is 69.6 Å². The highest BCUT2D eigenvalue weighted by Crippen LogP contribution is 2.58. The van der Waals surface area contributed by atoms with Crippen LogP contribution in [0.2, 0.25) is 0 Å². The van der Waals surface area contributed by atoms with Gasteiger partial charge in [0.25, 0.3) is 0 Å². The molecule has 8 aliphatic rings. The van der Waals surface area contributed by atoms with E-state index in [1.54, 1.807) is 39.6 Å². The molecule has 6 bridgehead atoms. The molecule has 0 N–H and O–H groups in total. The summed E-state index contributed by atoms with van der Waals surface area (Å²) in [6.07, 6.45) is -9.19. The fourth-order valence-electron chi connectivity index (χ4n) is 9.10. The van der Waals surface area contributed by atoms with E-state index in [2.05, 4.69) is 6.92 Å². The first-order chi connectivity index (χ1) is 24.7. The number of alkyl halides is 6. The highest BCUT2D eigenvalue weighted by Gasteiger charge is 2.68. The molecule has 8 heterocycles. The summed E-state index contributed by atoms with van der Waals surface area (Å²) in [4.78, 5) is 24.5. The number of hydrogen-bond donors (Lipinski definition) is 0. The molecule has 304 valence electrons. The molecule has 0 saturated carbocycles. The van der Waals surface area contributed by atoms with Crippen molar-refractivity contribution >= 4 is 0 Å². The molecule has 0 aromatic carbocycles. The maximum Gasteiger partial charge on any atom is 0.449 e. The summed E-state index contributed by atoms with van der Waals surface area (Å²) in [5, 5.41) is 0. The Morgan fingerprint density at radius 1 is 0.849 bits per heavy atom. The largest absolute Gasteiger partial charge is 0.457 e. The lowest BCUT2D eigenvalue weighted by Crippen LogP contribution is -2.65. The van der Waals surface area contributed by atoms with Crippen molar-refractivity contribution in [3.05, 3.63) is 22.7 Å². The molecule has 16 heteroatoms. The molecule has 12 atom stereocenters. The fourth-order valence-corrected chi connectivity index (χ4v) is 9.10. The lowest BCUT2D eigenvalue weighted by molar-refractivity contribution is -0.555. The van der Waals surface area contributed by atoms with Gasteiger partial charge in [-0.3, -0.25) is 0 Å². The van der Waals surface area contributed by atoms with E-state index in [1.807, 2.05) is 13.8 Å². The Hall–Kier alpha value is -1.66. The van der Waals surface area contributed by atoms with Crippen LogP contribution in [0.4, 0.5) is 26.3 Å². The molecule has 0 aromatic rings. The minimum atomic E-state index is -4.85. The molecule has 10 nitrogen and oxygen atoms in total. The van der Waals surface area contributed by atoms with E-state index in [0.29, 0.717) is 38.5 Å². The van der Waals surface area contributed by atoms with Gasteiger partial charge in [-0.1, -0.05) is 41.0 Å². The van der Waals surface area contributed by atoms with Crippen LogP contribution in [-0.2, 0) is 43.2 Å². The van der Waals surface area contributed by atoms with Gasteiger partial charge in [0.15, 0.2) is 11.7 Å². The Morgan fingerprint density at radius 2 is 1.51 bits per heavy atom. The number of rotatable bonds is 9. The molecule has 53 heavy (non-hydrogen) atoms. The summed E-state index contributed by atoms with van der Waals surface area (Å²) in [6.45, 7) is 12.3. The number of nitrogens with zero attached hydrogens (tertiary/aromatic N) is 1. The van der Waals surface area contributed by atoms with E-state index in [4.69, 9.17) is 43.2 Å². The van der Waals surface area contributed by atoms with E-state index >= 15 is 0 Å². The summed E-state index contributed by atoms with van der Waals surface area (Å²) < 4.78 is 117. The predicted octanol–water partition coefficient (Wildman–Crippen LogP) is 8.33. The number of fused-ring (bicyclic) bond motifs is 5. The Balaban J connectivity index is 1.19. The lowest BCUT2D eigenvalue weighted by atomic mass is 9.66. The number of ether oxygens (including phenoxy) is 5. The van der Waals surface area contributed by atoms with Gasteiger partial charge in [-0.25, -0.2) is 19.6 Å². The van der Waals surface area contributed by atoms with Gasteiger partial charge in [-0.2, -0.15) is 26.3 Å². The average Bonchev–Trinajstić information content (AvgIpc) is 3.46. The Morgan fingerprint density at radius 3 is 2.19 bits per heavy atom. The molecule has 1 spiro atoms. The summed E-state index contributed by atoms with van der Waals surface area (Å²) in [7, 11) is 1.63. The molecular formula is C37H55F6NO9. The summed E-state index contributed by atoms with van der Waals surface area (Å²) >= 11 is 0. The third kappa shape index (κ3) is 7.99. The molecule has 6 fully saturated rings. The first kappa shape index (κ1) is 41.0. The fraction of sp³-hybridized carbons (Fsp3) is 0.892. The Labute approximate surface area is 307 Å². The van der Waals surface area contributed by atoms with Crippen molar-refractivity contribution in [2.75, 3.05) is 33.4 Å². The van der Waals surface area contributed by atoms with Crippen molar-refractivity contribution in [1.29, 1.82) is 0 Å². The van der Waals surface area contributed by atoms with Gasteiger partial charge < -0.3 is 28.6 Å². The summed E-state index contributed by atoms with van der Waals surface area (Å²) in [5.41, 5.74) is -1.41. The topological polar surface area (TPSA) is 86.3 Å². The van der Waals surface area contributed by atoms with E-state index in [0.717, 1.165) is 6.42 Å². The SMILES string of the molecule is CC[C@@H](C)C1CC[C@]2(C)OO[C@]13[C@H](OC(C(F)(F)F)=C(CN(C)CCOC/C1=C(\C(F)(F)F)O[C@@H]4O[C@]5(C)CCC([C@H](C)CC[C@@H]1C)[C@@H]4OO5)[C@@H]3C)O2. The average molecular weight is 772 g/mol. The van der Waals surface area contributed by atoms with E-state index in [1.165, 1.54) is 0 Å². The van der Waals surface area contributed by atoms with Crippen molar-refractivity contribution in [2.45, 2.75) is 142 Å². The second kappa shape index (κ2) is 15.0. The van der Waals surface area contributed by atoms with Crippen LogP contribution in [0.1, 0.15) is 93.4 Å². The minimum absolute atomic E-state index is 0.0244. The van der Waals surface area contributed by atoms with Crippen molar-refractivity contribution in [3.8, 4) is 0 Å². The zero-order valence-corrected chi connectivity index (χ0v) is 31.9. The quantitative estimate of drug-likeness (QED) is 0.130.